The molecule has 0 spiro atoms. The lowest BCUT2D eigenvalue weighted by atomic mass is 10.0. The fourth-order valence-electron chi connectivity index (χ4n) is 3.18. The van der Waals surface area contributed by atoms with E-state index >= 15 is 0 Å². The highest BCUT2D eigenvalue weighted by atomic mass is 35.5. The summed E-state index contributed by atoms with van der Waals surface area (Å²) in [6.07, 6.45) is 0.752. The summed E-state index contributed by atoms with van der Waals surface area (Å²) in [6, 6.07) is 10.8. The molecule has 0 aliphatic heterocycles. The monoisotopic (exact) mass is 420 g/mol. The van der Waals surface area contributed by atoms with Crippen molar-refractivity contribution in [3.8, 4) is 0 Å². The molecule has 0 fully saturated rings. The maximum absolute atomic E-state index is 13.2. The van der Waals surface area contributed by atoms with Crippen LogP contribution < -0.4 is 5.32 Å². The molecule has 0 aromatic heterocycles. The van der Waals surface area contributed by atoms with Crippen LogP contribution in [0.2, 0.25) is 10.0 Å². The van der Waals surface area contributed by atoms with Gasteiger partial charge in [0.1, 0.15) is 6.04 Å². The van der Waals surface area contributed by atoms with E-state index in [0.29, 0.717) is 16.5 Å². The third-order valence-electron chi connectivity index (χ3n) is 4.82. The summed E-state index contributed by atoms with van der Waals surface area (Å²) in [4.78, 5) is 27.3. The summed E-state index contributed by atoms with van der Waals surface area (Å²) in [5.41, 5.74) is 3.95. The number of amides is 2. The van der Waals surface area contributed by atoms with Crippen LogP contribution in [0.3, 0.4) is 0 Å². The Hall–Kier alpha value is -2.04. The molecule has 0 unspecified atom stereocenters. The molecule has 2 aromatic carbocycles. The van der Waals surface area contributed by atoms with E-state index < -0.39 is 6.04 Å². The number of rotatable bonds is 7. The van der Waals surface area contributed by atoms with Crippen LogP contribution in [0, 0.1) is 13.8 Å². The van der Waals surface area contributed by atoms with Gasteiger partial charge in [0.05, 0.1) is 16.5 Å². The number of hydrogen-bond donors (Lipinski definition) is 1. The molecule has 2 rings (SSSR count). The van der Waals surface area contributed by atoms with Gasteiger partial charge < -0.3 is 10.2 Å². The van der Waals surface area contributed by atoms with Crippen LogP contribution in [0.5, 0.6) is 0 Å². The summed E-state index contributed by atoms with van der Waals surface area (Å²) in [6.45, 7) is 6.17. The Labute approximate surface area is 176 Å². The molecule has 0 radical (unpaired) electrons. The number of carbonyl (C=O) groups is 2. The maximum Gasteiger partial charge on any atom is 0.242 e. The summed E-state index contributed by atoms with van der Waals surface area (Å²) in [7, 11) is 1.58. The van der Waals surface area contributed by atoms with E-state index in [1.807, 2.05) is 45.0 Å². The first-order valence-corrected chi connectivity index (χ1v) is 10.0. The number of aryl methyl sites for hydroxylation is 2. The van der Waals surface area contributed by atoms with Gasteiger partial charge in [-0.15, -0.1) is 0 Å². The van der Waals surface area contributed by atoms with Crippen molar-refractivity contribution in [3.63, 3.8) is 0 Å². The molecule has 4 nitrogen and oxygen atoms in total. The molecular weight excluding hydrogens is 395 g/mol. The summed E-state index contributed by atoms with van der Waals surface area (Å²) >= 11 is 12.1. The zero-order chi connectivity index (χ0) is 20.8. The lowest BCUT2D eigenvalue weighted by Gasteiger charge is -2.30. The molecule has 0 bridgehead atoms. The van der Waals surface area contributed by atoms with Gasteiger partial charge in [0.2, 0.25) is 11.8 Å². The van der Waals surface area contributed by atoms with E-state index in [0.717, 1.165) is 22.3 Å². The van der Waals surface area contributed by atoms with Crippen molar-refractivity contribution in [3.05, 3.63) is 68.7 Å². The lowest BCUT2D eigenvalue weighted by molar-refractivity contribution is -0.140. The fraction of sp³-hybridized carbons (Fsp3) is 0.364. The van der Waals surface area contributed by atoms with E-state index in [2.05, 4.69) is 5.32 Å². The van der Waals surface area contributed by atoms with Gasteiger partial charge in [-0.25, -0.2) is 0 Å². The van der Waals surface area contributed by atoms with Crippen molar-refractivity contribution in [1.29, 1.82) is 0 Å². The van der Waals surface area contributed by atoms with E-state index in [-0.39, 0.29) is 24.8 Å². The van der Waals surface area contributed by atoms with Crippen LogP contribution in [0.15, 0.2) is 36.4 Å². The second-order valence-electron chi connectivity index (χ2n) is 6.92. The highest BCUT2D eigenvalue weighted by Gasteiger charge is 2.28. The first-order valence-electron chi connectivity index (χ1n) is 9.28. The fourth-order valence-corrected chi connectivity index (χ4v) is 3.50. The van der Waals surface area contributed by atoms with Crippen molar-refractivity contribution < 1.29 is 9.59 Å². The predicted octanol–water partition coefficient (Wildman–Crippen LogP) is 4.71. The second-order valence-corrected chi connectivity index (χ2v) is 7.73. The van der Waals surface area contributed by atoms with Crippen LogP contribution in [-0.4, -0.2) is 29.8 Å². The Bertz CT molecular complexity index is 868. The Balaban J connectivity index is 2.35. The quantitative estimate of drug-likeness (QED) is 0.704. The Morgan fingerprint density at radius 3 is 2.39 bits per heavy atom. The van der Waals surface area contributed by atoms with Crippen molar-refractivity contribution >= 4 is 35.0 Å². The van der Waals surface area contributed by atoms with Crippen molar-refractivity contribution in [2.75, 3.05) is 7.05 Å². The zero-order valence-electron chi connectivity index (χ0n) is 16.7. The molecule has 2 aromatic rings. The number of hydrogen-bond acceptors (Lipinski definition) is 2. The molecule has 150 valence electrons. The first kappa shape index (κ1) is 22.3. The molecule has 0 aliphatic carbocycles. The minimum atomic E-state index is -0.558. The lowest BCUT2D eigenvalue weighted by Crippen LogP contribution is -2.48. The van der Waals surface area contributed by atoms with E-state index in [4.69, 9.17) is 23.2 Å². The molecule has 0 saturated carbocycles. The predicted molar refractivity (Wildman–Crippen MR) is 115 cm³/mol. The number of carbonyl (C=O) groups excluding carboxylic acids is 2. The van der Waals surface area contributed by atoms with Crippen molar-refractivity contribution in [2.24, 2.45) is 0 Å². The van der Waals surface area contributed by atoms with Crippen molar-refractivity contribution in [2.45, 2.75) is 46.2 Å². The number of benzene rings is 2. The zero-order valence-corrected chi connectivity index (χ0v) is 18.2. The van der Waals surface area contributed by atoms with Gasteiger partial charge in [0.15, 0.2) is 0 Å². The van der Waals surface area contributed by atoms with Crippen LogP contribution in [-0.2, 0) is 22.6 Å². The molecule has 6 heteroatoms. The van der Waals surface area contributed by atoms with Crippen LogP contribution in [0.1, 0.15) is 35.6 Å². The maximum atomic E-state index is 13.2. The third-order valence-corrected chi connectivity index (χ3v) is 5.55. The Morgan fingerprint density at radius 1 is 1.07 bits per heavy atom. The summed E-state index contributed by atoms with van der Waals surface area (Å²) in [5.74, 6) is -0.285. The van der Waals surface area contributed by atoms with E-state index in [9.17, 15) is 9.59 Å². The Kier molecular flexibility index (Phi) is 7.90. The van der Waals surface area contributed by atoms with E-state index in [1.54, 1.807) is 24.1 Å². The largest absolute Gasteiger partial charge is 0.357 e. The highest BCUT2D eigenvalue weighted by Crippen LogP contribution is 2.24. The van der Waals surface area contributed by atoms with Gasteiger partial charge in [0.25, 0.3) is 0 Å². The smallest absolute Gasteiger partial charge is 0.242 e. The Morgan fingerprint density at radius 2 is 1.79 bits per heavy atom. The number of nitrogens with zero attached hydrogens (tertiary/aromatic N) is 1. The van der Waals surface area contributed by atoms with Gasteiger partial charge in [-0.2, -0.15) is 0 Å². The SMILES string of the molecule is CC[C@H](C(=O)NC)N(Cc1ccc(Cl)c(Cl)c1)C(=O)Cc1cc(C)ccc1C. The third kappa shape index (κ3) is 5.49. The molecular formula is C22H26Cl2N2O2. The van der Waals surface area contributed by atoms with Crippen molar-refractivity contribution in [1.82, 2.24) is 10.2 Å². The van der Waals surface area contributed by atoms with Gasteiger partial charge >= 0.3 is 0 Å². The van der Waals surface area contributed by atoms with Crippen LogP contribution in [0.25, 0.3) is 0 Å². The van der Waals surface area contributed by atoms with Gasteiger partial charge in [-0.3, -0.25) is 9.59 Å². The van der Waals surface area contributed by atoms with Crippen LogP contribution >= 0.6 is 23.2 Å². The average molecular weight is 421 g/mol. The number of likely N-dealkylation sites (N-methyl/N-ethyl adjacent to an activating group) is 1. The topological polar surface area (TPSA) is 49.4 Å². The second kappa shape index (κ2) is 9.94. The van der Waals surface area contributed by atoms with Crippen LogP contribution in [0.4, 0.5) is 0 Å². The van der Waals surface area contributed by atoms with E-state index in [1.165, 1.54) is 0 Å². The summed E-state index contributed by atoms with van der Waals surface area (Å²) < 4.78 is 0. The molecule has 28 heavy (non-hydrogen) atoms. The number of halogens is 2. The normalized spacial score (nSPS) is 11.8. The molecule has 0 aliphatic rings. The molecule has 1 N–H and O–H groups in total. The molecule has 0 saturated heterocycles. The molecule has 1 atom stereocenters. The first-order chi connectivity index (χ1) is 13.3. The minimum Gasteiger partial charge on any atom is -0.357 e. The summed E-state index contributed by atoms with van der Waals surface area (Å²) in [5, 5.41) is 3.54. The minimum absolute atomic E-state index is 0.102. The highest BCUT2D eigenvalue weighted by molar-refractivity contribution is 6.42. The molecule has 0 heterocycles. The van der Waals surface area contributed by atoms with Gasteiger partial charge in [-0.1, -0.05) is 60.0 Å². The number of nitrogens with one attached hydrogen (secondary N) is 1. The van der Waals surface area contributed by atoms with Gasteiger partial charge in [0, 0.05) is 13.6 Å². The van der Waals surface area contributed by atoms with Gasteiger partial charge in [-0.05, 0) is 49.1 Å². The molecule has 2 amide bonds. The standard InChI is InChI=1S/C22H26Cl2N2O2/c1-5-20(22(28)25-4)26(13-16-8-9-18(23)19(24)11-16)21(27)12-17-10-14(2)6-7-15(17)3/h6-11,20H,5,12-13H2,1-4H3,(H,25,28)/t20-/m1/s1. The average Bonchev–Trinajstić information content (AvgIpc) is 2.66.